The molecule has 7 nitrogen and oxygen atoms in total. The number of hydrogen-bond donors (Lipinski definition) is 0. The van der Waals surface area contributed by atoms with Crippen molar-refractivity contribution in [2.24, 2.45) is 0 Å². The molecule has 32 heavy (non-hydrogen) atoms. The average Bonchev–Trinajstić information content (AvgIpc) is 3.46. The molecule has 1 saturated heterocycles. The molecule has 0 bridgehead atoms. The van der Waals surface area contributed by atoms with Gasteiger partial charge in [-0.05, 0) is 31.2 Å². The van der Waals surface area contributed by atoms with Gasteiger partial charge in [0.05, 0.1) is 19.3 Å². The number of halogens is 1. The van der Waals surface area contributed by atoms with Crippen molar-refractivity contribution in [3.8, 4) is 22.7 Å². The molecule has 164 valence electrons. The normalized spacial score (nSPS) is 15.3. The van der Waals surface area contributed by atoms with Crippen molar-refractivity contribution in [3.05, 3.63) is 77.9 Å². The molecule has 1 aliphatic rings. The highest BCUT2D eigenvalue weighted by molar-refractivity contribution is 5.56. The van der Waals surface area contributed by atoms with E-state index < -0.39 is 0 Å². The summed E-state index contributed by atoms with van der Waals surface area (Å²) in [7, 11) is 0. The maximum Gasteiger partial charge on any atom is 0.241 e. The van der Waals surface area contributed by atoms with Gasteiger partial charge in [0.2, 0.25) is 17.6 Å². The number of hydrogen-bond acceptors (Lipinski definition) is 7. The van der Waals surface area contributed by atoms with E-state index in [1.54, 1.807) is 18.3 Å². The lowest BCUT2D eigenvalue weighted by Crippen LogP contribution is -2.45. The Morgan fingerprint density at radius 2 is 1.47 bits per heavy atom. The molecule has 0 atom stereocenters. The van der Waals surface area contributed by atoms with Crippen LogP contribution < -0.4 is 0 Å². The molecule has 1 fully saturated rings. The maximum atomic E-state index is 13.1. The Morgan fingerprint density at radius 3 is 2.16 bits per heavy atom. The Balaban J connectivity index is 1.13. The number of piperazine rings is 1. The van der Waals surface area contributed by atoms with Crippen molar-refractivity contribution in [1.82, 2.24) is 24.9 Å². The summed E-state index contributed by atoms with van der Waals surface area (Å²) in [5.41, 5.74) is 2.98. The fourth-order valence-corrected chi connectivity index (χ4v) is 3.76. The van der Waals surface area contributed by atoms with Crippen LogP contribution in [0.3, 0.4) is 0 Å². The molecule has 5 rings (SSSR count). The Labute approximate surface area is 185 Å². The number of rotatable bonds is 6. The first-order valence-corrected chi connectivity index (χ1v) is 10.7. The molecule has 0 saturated carbocycles. The topological polar surface area (TPSA) is 71.4 Å². The molecular formula is C24H24FN5O2. The van der Waals surface area contributed by atoms with E-state index in [9.17, 15) is 4.39 Å². The number of aromatic nitrogens is 3. The van der Waals surface area contributed by atoms with Gasteiger partial charge >= 0.3 is 0 Å². The molecule has 2 aromatic heterocycles. The highest BCUT2D eigenvalue weighted by atomic mass is 19.1. The Morgan fingerprint density at radius 1 is 0.844 bits per heavy atom. The van der Waals surface area contributed by atoms with E-state index in [4.69, 9.17) is 8.94 Å². The van der Waals surface area contributed by atoms with Crippen LogP contribution in [-0.4, -0.2) is 51.1 Å². The van der Waals surface area contributed by atoms with Crippen molar-refractivity contribution >= 4 is 0 Å². The van der Waals surface area contributed by atoms with Crippen LogP contribution in [0.15, 0.2) is 63.7 Å². The summed E-state index contributed by atoms with van der Waals surface area (Å²) in [4.78, 5) is 13.5. The third kappa shape index (κ3) is 4.76. The van der Waals surface area contributed by atoms with Gasteiger partial charge in [-0.3, -0.25) is 9.80 Å². The summed E-state index contributed by atoms with van der Waals surface area (Å²) in [5, 5.41) is 4.12. The maximum absolute atomic E-state index is 13.1. The van der Waals surface area contributed by atoms with Gasteiger partial charge in [0.1, 0.15) is 5.82 Å². The number of benzene rings is 2. The molecule has 0 amide bonds. The van der Waals surface area contributed by atoms with Crippen LogP contribution in [0.4, 0.5) is 4.39 Å². The summed E-state index contributed by atoms with van der Waals surface area (Å²) >= 11 is 0. The molecule has 0 spiro atoms. The zero-order valence-corrected chi connectivity index (χ0v) is 17.9. The van der Waals surface area contributed by atoms with Crippen LogP contribution in [-0.2, 0) is 13.1 Å². The number of aryl methyl sites for hydroxylation is 1. The van der Waals surface area contributed by atoms with Crippen LogP contribution >= 0.6 is 0 Å². The molecule has 1 aliphatic heterocycles. The Hall–Kier alpha value is -3.36. The lowest BCUT2D eigenvalue weighted by Gasteiger charge is -2.33. The van der Waals surface area contributed by atoms with Crippen LogP contribution in [0.1, 0.15) is 17.3 Å². The second-order valence-electron chi connectivity index (χ2n) is 8.06. The number of nitrogens with zero attached hydrogens (tertiary/aromatic N) is 5. The Bertz CT molecular complexity index is 1070. The summed E-state index contributed by atoms with van der Waals surface area (Å²) < 4.78 is 24.4. The third-order valence-corrected chi connectivity index (χ3v) is 5.64. The van der Waals surface area contributed by atoms with Gasteiger partial charge in [0.25, 0.3) is 0 Å². The van der Waals surface area contributed by atoms with E-state index in [0.717, 1.165) is 37.3 Å². The third-order valence-electron chi connectivity index (χ3n) is 5.64. The van der Waals surface area contributed by atoms with Gasteiger partial charge < -0.3 is 8.94 Å². The fraction of sp³-hybridized carbons (Fsp3) is 0.292. The fourth-order valence-electron chi connectivity index (χ4n) is 3.76. The highest BCUT2D eigenvalue weighted by Gasteiger charge is 2.21. The van der Waals surface area contributed by atoms with E-state index in [2.05, 4.69) is 31.8 Å². The lowest BCUT2D eigenvalue weighted by atomic mass is 10.1. The number of oxazole rings is 1. The summed E-state index contributed by atoms with van der Waals surface area (Å²) in [6, 6.07) is 14.3. The predicted molar refractivity (Wildman–Crippen MR) is 117 cm³/mol. The first-order valence-electron chi connectivity index (χ1n) is 10.7. The predicted octanol–water partition coefficient (Wildman–Crippen LogP) is 4.16. The van der Waals surface area contributed by atoms with E-state index in [1.807, 2.05) is 24.3 Å². The van der Waals surface area contributed by atoms with E-state index in [-0.39, 0.29) is 5.82 Å². The van der Waals surface area contributed by atoms with Gasteiger partial charge in [0, 0.05) is 37.3 Å². The average molecular weight is 433 g/mol. The highest BCUT2D eigenvalue weighted by Crippen LogP contribution is 2.22. The van der Waals surface area contributed by atoms with Crippen molar-refractivity contribution in [2.75, 3.05) is 26.2 Å². The molecule has 0 radical (unpaired) electrons. The van der Waals surface area contributed by atoms with Crippen LogP contribution in [0.2, 0.25) is 0 Å². The van der Waals surface area contributed by atoms with Crippen molar-refractivity contribution in [3.63, 3.8) is 0 Å². The van der Waals surface area contributed by atoms with Crippen LogP contribution in [0.5, 0.6) is 0 Å². The molecule has 8 heteroatoms. The van der Waals surface area contributed by atoms with Gasteiger partial charge in [-0.25, -0.2) is 9.37 Å². The zero-order valence-electron chi connectivity index (χ0n) is 17.9. The molecule has 0 unspecified atom stereocenters. The molecule has 4 aromatic rings. The minimum absolute atomic E-state index is 0.265. The summed E-state index contributed by atoms with van der Waals surface area (Å²) in [6.45, 7) is 6.92. The van der Waals surface area contributed by atoms with Crippen molar-refractivity contribution in [2.45, 2.75) is 20.0 Å². The first kappa shape index (κ1) is 20.5. The largest absolute Gasteiger partial charge is 0.439 e. The quantitative estimate of drug-likeness (QED) is 0.452. The minimum atomic E-state index is -0.265. The van der Waals surface area contributed by atoms with Gasteiger partial charge in [-0.1, -0.05) is 35.0 Å². The molecule has 2 aromatic carbocycles. The second kappa shape index (κ2) is 9.02. The lowest BCUT2D eigenvalue weighted by molar-refractivity contribution is 0.106. The van der Waals surface area contributed by atoms with Gasteiger partial charge in [-0.2, -0.15) is 4.98 Å². The SMILES string of the molecule is Cc1ccc(-c2noc(CN3CCN(Cc4ncc(-c5ccc(F)cc5)o4)CC3)n2)cc1. The second-order valence-corrected chi connectivity index (χ2v) is 8.06. The van der Waals surface area contributed by atoms with Crippen LogP contribution in [0, 0.1) is 12.7 Å². The van der Waals surface area contributed by atoms with Crippen molar-refractivity contribution < 1.29 is 13.3 Å². The van der Waals surface area contributed by atoms with E-state index in [1.165, 1.54) is 17.7 Å². The van der Waals surface area contributed by atoms with E-state index in [0.29, 0.717) is 36.5 Å². The molecule has 0 aliphatic carbocycles. The molecule has 3 heterocycles. The van der Waals surface area contributed by atoms with E-state index >= 15 is 0 Å². The van der Waals surface area contributed by atoms with Gasteiger partial charge in [-0.15, -0.1) is 0 Å². The molecule has 0 N–H and O–H groups in total. The standard InChI is InChI=1S/C24H24FN5O2/c1-17-2-4-19(5-3-17)24-27-23(32-28-24)16-30-12-10-29(11-13-30)15-22-26-14-21(31-22)18-6-8-20(25)9-7-18/h2-9,14H,10-13,15-16H2,1H3. The van der Waals surface area contributed by atoms with Crippen LogP contribution in [0.25, 0.3) is 22.7 Å². The minimum Gasteiger partial charge on any atom is -0.439 e. The Kier molecular flexibility index (Phi) is 5.79. The summed E-state index contributed by atoms with van der Waals surface area (Å²) in [6.07, 6.45) is 1.69. The van der Waals surface area contributed by atoms with Crippen molar-refractivity contribution in [1.29, 1.82) is 0 Å². The monoisotopic (exact) mass is 433 g/mol. The molecular weight excluding hydrogens is 409 g/mol. The zero-order chi connectivity index (χ0) is 21.9. The summed E-state index contributed by atoms with van der Waals surface area (Å²) in [5.74, 6) is 2.31. The smallest absolute Gasteiger partial charge is 0.241 e. The first-order chi connectivity index (χ1) is 15.6. The van der Waals surface area contributed by atoms with Gasteiger partial charge in [0.15, 0.2) is 5.76 Å².